The Bertz CT molecular complexity index is 693. The van der Waals surface area contributed by atoms with Gasteiger partial charge in [0.2, 0.25) is 0 Å². The number of fused-ring (bicyclic) bond motifs is 1. The summed E-state index contributed by atoms with van der Waals surface area (Å²) in [5.74, 6) is 0. The fourth-order valence-corrected chi connectivity index (χ4v) is 3.41. The Labute approximate surface area is 126 Å². The number of halogens is 1. The van der Waals surface area contributed by atoms with Gasteiger partial charge in [0.05, 0.1) is 0 Å². The Balaban J connectivity index is 1.88. The van der Waals surface area contributed by atoms with Crippen molar-refractivity contribution in [2.24, 2.45) is 0 Å². The van der Waals surface area contributed by atoms with Gasteiger partial charge in [-0.15, -0.1) is 0 Å². The van der Waals surface area contributed by atoms with Crippen LogP contribution in [0, 0.1) is 0 Å². The number of nitrogens with zero attached hydrogens (tertiary/aromatic N) is 2. The van der Waals surface area contributed by atoms with Gasteiger partial charge in [-0.25, -0.2) is 0 Å². The Morgan fingerprint density at radius 1 is 1.11 bits per heavy atom. The Kier molecular flexibility index (Phi) is 3.69. The van der Waals surface area contributed by atoms with Gasteiger partial charge >= 0.3 is 126 Å². The van der Waals surface area contributed by atoms with Gasteiger partial charge in [-0.1, -0.05) is 0 Å². The topological polar surface area (TPSA) is 37.8 Å². The van der Waals surface area contributed by atoms with Crippen molar-refractivity contribution >= 4 is 47.6 Å². The summed E-state index contributed by atoms with van der Waals surface area (Å²) < 4.78 is 9.98. The van der Waals surface area contributed by atoms with Crippen LogP contribution in [-0.4, -0.2) is 22.9 Å². The van der Waals surface area contributed by atoms with Crippen molar-refractivity contribution < 1.29 is 0 Å². The Morgan fingerprint density at radius 2 is 1.89 bits per heavy atom. The molecule has 0 aliphatic carbocycles. The van der Waals surface area contributed by atoms with Crippen LogP contribution in [0.1, 0.15) is 18.5 Å². The molecule has 0 aliphatic heterocycles. The predicted octanol–water partition coefficient (Wildman–Crippen LogP) is 3.62. The van der Waals surface area contributed by atoms with Crippen molar-refractivity contribution in [2.45, 2.75) is 13.0 Å². The summed E-state index contributed by atoms with van der Waals surface area (Å²) in [6, 6.07) is 14.7. The van der Waals surface area contributed by atoms with Gasteiger partial charge < -0.3 is 0 Å². The fraction of sp³-hybridized carbons (Fsp3) is 0.143. The number of nitrogens with one attached hydrogen (secondary N) is 1. The molecular weight excluding hydrogens is 369 g/mol. The van der Waals surface area contributed by atoms with Crippen LogP contribution >= 0.6 is 15.9 Å². The van der Waals surface area contributed by atoms with Crippen molar-refractivity contribution in [3.05, 3.63) is 52.5 Å². The van der Waals surface area contributed by atoms with E-state index in [2.05, 4.69) is 66.5 Å². The number of benzene rings is 2. The standard InChI is InChI=1S/C14H12BrN3Se/c1-9(10-5-7-11(15)8-6-10)16-12-3-2-4-13-14(12)18-19-17-13/h2-9,16H,1H3. The average molecular weight is 381 g/mol. The van der Waals surface area contributed by atoms with Crippen molar-refractivity contribution in [1.82, 2.24) is 7.96 Å². The number of aromatic nitrogens is 2. The molecule has 96 valence electrons. The quantitative estimate of drug-likeness (QED) is 0.705. The number of anilines is 1. The van der Waals surface area contributed by atoms with Crippen molar-refractivity contribution in [2.75, 3.05) is 5.32 Å². The molecule has 1 aromatic heterocycles. The first-order valence-corrected chi connectivity index (χ1v) is 8.30. The summed E-state index contributed by atoms with van der Waals surface area (Å²) in [6.07, 6.45) is 0. The molecule has 0 saturated heterocycles. The molecular formula is C14H12BrN3Se. The summed E-state index contributed by atoms with van der Waals surface area (Å²) in [4.78, 5) is 0. The van der Waals surface area contributed by atoms with E-state index in [4.69, 9.17) is 0 Å². The van der Waals surface area contributed by atoms with Gasteiger partial charge in [-0.2, -0.15) is 0 Å². The van der Waals surface area contributed by atoms with Crippen LogP contribution in [0.5, 0.6) is 0 Å². The van der Waals surface area contributed by atoms with E-state index in [1.54, 1.807) is 0 Å². The van der Waals surface area contributed by atoms with E-state index in [-0.39, 0.29) is 21.0 Å². The second-order valence-electron chi connectivity index (χ2n) is 4.36. The first kappa shape index (κ1) is 12.9. The van der Waals surface area contributed by atoms with E-state index in [0.717, 1.165) is 21.2 Å². The van der Waals surface area contributed by atoms with Gasteiger partial charge in [0.15, 0.2) is 0 Å². The molecule has 0 fully saturated rings. The Morgan fingerprint density at radius 3 is 2.68 bits per heavy atom. The molecule has 3 nitrogen and oxygen atoms in total. The molecule has 5 heteroatoms. The van der Waals surface area contributed by atoms with Crippen LogP contribution in [0.25, 0.3) is 11.0 Å². The van der Waals surface area contributed by atoms with Gasteiger partial charge in [0.25, 0.3) is 0 Å². The normalized spacial score (nSPS) is 12.5. The van der Waals surface area contributed by atoms with E-state index < -0.39 is 0 Å². The summed E-state index contributed by atoms with van der Waals surface area (Å²) in [7, 11) is 0. The summed E-state index contributed by atoms with van der Waals surface area (Å²) in [5.41, 5.74) is 4.33. The minimum atomic E-state index is 0.0148. The number of hydrogen-bond acceptors (Lipinski definition) is 3. The van der Waals surface area contributed by atoms with E-state index >= 15 is 0 Å². The van der Waals surface area contributed by atoms with Gasteiger partial charge in [0.1, 0.15) is 0 Å². The average Bonchev–Trinajstić information content (AvgIpc) is 2.89. The molecule has 1 atom stereocenters. The van der Waals surface area contributed by atoms with Crippen molar-refractivity contribution in [1.29, 1.82) is 0 Å². The van der Waals surface area contributed by atoms with Crippen LogP contribution in [0.15, 0.2) is 46.9 Å². The molecule has 0 spiro atoms. The van der Waals surface area contributed by atoms with Gasteiger partial charge in [-0.3, -0.25) is 0 Å². The van der Waals surface area contributed by atoms with Gasteiger partial charge in [0, 0.05) is 0 Å². The number of rotatable bonds is 3. The van der Waals surface area contributed by atoms with Crippen LogP contribution < -0.4 is 5.32 Å². The van der Waals surface area contributed by atoms with E-state index in [1.165, 1.54) is 5.56 Å². The second-order valence-corrected chi connectivity index (χ2v) is 6.38. The summed E-state index contributed by atoms with van der Waals surface area (Å²) in [6.45, 7) is 2.15. The number of hydrogen-bond donors (Lipinski definition) is 1. The fourth-order valence-electron chi connectivity index (χ4n) is 1.99. The first-order valence-electron chi connectivity index (χ1n) is 5.97. The SMILES string of the molecule is CC(Nc1cccc2n[se]nc12)c1ccc(Br)cc1. The third-order valence-corrected chi connectivity index (χ3v) is 4.70. The molecule has 0 radical (unpaired) electrons. The third kappa shape index (κ3) is 2.73. The zero-order valence-electron chi connectivity index (χ0n) is 10.3. The molecule has 3 rings (SSSR count). The summed E-state index contributed by atoms with van der Waals surface area (Å²) in [5, 5.41) is 3.52. The molecule has 0 amide bonds. The molecule has 19 heavy (non-hydrogen) atoms. The maximum absolute atomic E-state index is 4.49. The monoisotopic (exact) mass is 381 g/mol. The van der Waals surface area contributed by atoms with Crippen molar-refractivity contribution in [3.8, 4) is 0 Å². The van der Waals surface area contributed by atoms with Crippen LogP contribution in [0.3, 0.4) is 0 Å². The molecule has 1 heterocycles. The predicted molar refractivity (Wildman–Crippen MR) is 82.7 cm³/mol. The second kappa shape index (κ2) is 5.45. The van der Waals surface area contributed by atoms with E-state index in [1.807, 2.05) is 12.1 Å². The zero-order valence-corrected chi connectivity index (χ0v) is 13.6. The molecule has 0 aliphatic rings. The molecule has 1 N–H and O–H groups in total. The first-order chi connectivity index (χ1) is 9.24. The molecule has 0 bridgehead atoms. The van der Waals surface area contributed by atoms with Crippen molar-refractivity contribution in [3.63, 3.8) is 0 Å². The van der Waals surface area contributed by atoms with Crippen LogP contribution in [0.2, 0.25) is 0 Å². The molecule has 0 saturated carbocycles. The molecule has 2 aromatic carbocycles. The maximum atomic E-state index is 4.49. The molecule has 3 aromatic rings. The van der Waals surface area contributed by atoms with Crippen LogP contribution in [-0.2, 0) is 0 Å². The summed E-state index contributed by atoms with van der Waals surface area (Å²) >= 11 is 3.47. The van der Waals surface area contributed by atoms with Crippen LogP contribution in [0.4, 0.5) is 5.69 Å². The third-order valence-electron chi connectivity index (χ3n) is 3.03. The zero-order chi connectivity index (χ0) is 13.2. The Hall–Kier alpha value is -1.16. The van der Waals surface area contributed by atoms with E-state index in [9.17, 15) is 0 Å². The minimum absolute atomic E-state index is 0.0148. The van der Waals surface area contributed by atoms with E-state index in [0.29, 0.717) is 0 Å². The molecule has 1 unspecified atom stereocenters. The van der Waals surface area contributed by atoms with Gasteiger partial charge in [-0.05, 0) is 0 Å².